The molecule has 3 aromatic heterocycles. The molecular formula is C20H28N8O. The molecule has 1 amide bonds. The summed E-state index contributed by atoms with van der Waals surface area (Å²) in [5.41, 5.74) is 3.64. The molecule has 1 fully saturated rings. The number of amides is 1. The van der Waals surface area contributed by atoms with Gasteiger partial charge in [-0.05, 0) is 26.7 Å². The maximum atomic E-state index is 11.9. The quantitative estimate of drug-likeness (QED) is 0.712. The van der Waals surface area contributed by atoms with Crippen LogP contribution in [0.3, 0.4) is 0 Å². The van der Waals surface area contributed by atoms with E-state index in [0.717, 1.165) is 66.5 Å². The Morgan fingerprint density at radius 3 is 2.66 bits per heavy atom. The van der Waals surface area contributed by atoms with Crippen molar-refractivity contribution >= 4 is 22.9 Å². The van der Waals surface area contributed by atoms with Crippen LogP contribution in [0, 0.1) is 6.92 Å². The third-order valence-electron chi connectivity index (χ3n) is 5.79. The third-order valence-corrected chi connectivity index (χ3v) is 5.79. The largest absolute Gasteiger partial charge is 0.365 e. The van der Waals surface area contributed by atoms with Gasteiger partial charge in [-0.3, -0.25) is 9.48 Å². The normalized spacial score (nSPS) is 15.2. The molecule has 9 heteroatoms. The molecule has 9 nitrogen and oxygen atoms in total. The van der Waals surface area contributed by atoms with Crippen LogP contribution in [0.5, 0.6) is 0 Å². The van der Waals surface area contributed by atoms with Crippen LogP contribution in [0.15, 0.2) is 12.5 Å². The number of piperidine rings is 1. The van der Waals surface area contributed by atoms with Crippen LogP contribution >= 0.6 is 0 Å². The van der Waals surface area contributed by atoms with Crippen LogP contribution in [0.2, 0.25) is 0 Å². The second kappa shape index (κ2) is 7.81. The number of aryl methyl sites for hydroxylation is 2. The average Bonchev–Trinajstić information content (AvgIpc) is 3.28. The van der Waals surface area contributed by atoms with E-state index < -0.39 is 0 Å². The van der Waals surface area contributed by atoms with Crippen molar-refractivity contribution in [2.24, 2.45) is 7.05 Å². The van der Waals surface area contributed by atoms with Gasteiger partial charge in [0.05, 0.1) is 11.8 Å². The first-order chi connectivity index (χ1) is 14.0. The molecule has 1 N–H and O–H groups in total. The van der Waals surface area contributed by atoms with Gasteiger partial charge >= 0.3 is 0 Å². The Bertz CT molecular complexity index is 1030. The van der Waals surface area contributed by atoms with Crippen molar-refractivity contribution in [3.8, 4) is 11.4 Å². The standard InChI is InChI=1S/C20H28N8O/c1-5-16(29)27-9-7-14(8-10-27)24-18-17-20(22-12-21-18)26(4)19(25-17)15-11-23-28(6-2)13(15)3/h11-12,14H,5-10H2,1-4H3,(H,21,22,24). The van der Waals surface area contributed by atoms with Gasteiger partial charge in [-0.15, -0.1) is 0 Å². The van der Waals surface area contributed by atoms with Gasteiger partial charge in [0, 0.05) is 44.8 Å². The number of nitrogens with zero attached hydrogens (tertiary/aromatic N) is 7. The highest BCUT2D eigenvalue weighted by atomic mass is 16.2. The Kier molecular flexibility index (Phi) is 5.21. The molecule has 1 aliphatic heterocycles. The third kappa shape index (κ3) is 3.45. The van der Waals surface area contributed by atoms with Gasteiger partial charge in [0.25, 0.3) is 0 Å². The first kappa shape index (κ1) is 19.4. The van der Waals surface area contributed by atoms with Gasteiger partial charge < -0.3 is 14.8 Å². The van der Waals surface area contributed by atoms with Crippen molar-refractivity contribution in [2.45, 2.75) is 52.6 Å². The van der Waals surface area contributed by atoms with E-state index in [2.05, 4.69) is 34.2 Å². The van der Waals surface area contributed by atoms with Crippen molar-refractivity contribution in [3.63, 3.8) is 0 Å². The van der Waals surface area contributed by atoms with Crippen molar-refractivity contribution in [3.05, 3.63) is 18.2 Å². The molecule has 1 aliphatic rings. The summed E-state index contributed by atoms with van der Waals surface area (Å²) >= 11 is 0. The Balaban J connectivity index is 1.60. The minimum atomic E-state index is 0.227. The van der Waals surface area contributed by atoms with Gasteiger partial charge in [-0.2, -0.15) is 5.10 Å². The summed E-state index contributed by atoms with van der Waals surface area (Å²) in [7, 11) is 1.97. The summed E-state index contributed by atoms with van der Waals surface area (Å²) in [6.45, 7) is 8.42. The van der Waals surface area contributed by atoms with Crippen molar-refractivity contribution in [1.29, 1.82) is 0 Å². The number of hydrogen-bond acceptors (Lipinski definition) is 6. The monoisotopic (exact) mass is 396 g/mol. The van der Waals surface area contributed by atoms with Gasteiger partial charge in [0.1, 0.15) is 12.2 Å². The molecule has 4 rings (SSSR count). The van der Waals surface area contributed by atoms with E-state index in [0.29, 0.717) is 6.42 Å². The number of anilines is 1. The number of hydrogen-bond donors (Lipinski definition) is 1. The molecular weight excluding hydrogens is 368 g/mol. The summed E-state index contributed by atoms with van der Waals surface area (Å²) < 4.78 is 3.96. The Labute approximate surface area is 170 Å². The number of aromatic nitrogens is 6. The number of nitrogens with one attached hydrogen (secondary N) is 1. The average molecular weight is 396 g/mol. The fourth-order valence-corrected chi connectivity index (χ4v) is 4.02. The second-order valence-electron chi connectivity index (χ2n) is 7.50. The lowest BCUT2D eigenvalue weighted by atomic mass is 10.0. The van der Waals surface area contributed by atoms with Crippen LogP contribution in [-0.2, 0) is 18.4 Å². The summed E-state index contributed by atoms with van der Waals surface area (Å²) in [6.07, 6.45) is 5.81. The molecule has 3 aromatic rings. The summed E-state index contributed by atoms with van der Waals surface area (Å²) in [6, 6.07) is 0.268. The Morgan fingerprint density at radius 2 is 2.00 bits per heavy atom. The number of fused-ring (bicyclic) bond motifs is 1. The molecule has 0 unspecified atom stereocenters. The predicted molar refractivity (Wildman–Crippen MR) is 111 cm³/mol. The van der Waals surface area contributed by atoms with E-state index in [1.54, 1.807) is 6.33 Å². The van der Waals surface area contributed by atoms with E-state index in [1.807, 2.05) is 34.3 Å². The molecule has 1 saturated heterocycles. The zero-order valence-electron chi connectivity index (χ0n) is 17.5. The number of rotatable bonds is 5. The minimum Gasteiger partial charge on any atom is -0.365 e. The molecule has 154 valence electrons. The molecule has 0 saturated carbocycles. The highest BCUT2D eigenvalue weighted by Crippen LogP contribution is 2.28. The first-order valence-corrected chi connectivity index (χ1v) is 10.3. The van der Waals surface area contributed by atoms with E-state index >= 15 is 0 Å². The first-order valence-electron chi connectivity index (χ1n) is 10.3. The van der Waals surface area contributed by atoms with E-state index in [4.69, 9.17) is 4.98 Å². The van der Waals surface area contributed by atoms with Crippen LogP contribution in [0.25, 0.3) is 22.6 Å². The smallest absolute Gasteiger partial charge is 0.222 e. The summed E-state index contributed by atoms with van der Waals surface area (Å²) in [5, 5.41) is 7.98. The fourth-order valence-electron chi connectivity index (χ4n) is 4.02. The molecule has 0 radical (unpaired) electrons. The maximum Gasteiger partial charge on any atom is 0.222 e. The van der Waals surface area contributed by atoms with Crippen LogP contribution in [-0.4, -0.2) is 59.2 Å². The molecule has 0 aromatic carbocycles. The lowest BCUT2D eigenvalue weighted by molar-refractivity contribution is -0.131. The number of likely N-dealkylation sites (tertiary alicyclic amines) is 1. The van der Waals surface area contributed by atoms with Crippen LogP contribution < -0.4 is 5.32 Å². The van der Waals surface area contributed by atoms with E-state index in [1.165, 1.54) is 0 Å². The number of imidazole rings is 1. The SMILES string of the molecule is CCC(=O)N1CCC(Nc2ncnc3c2nc(-c2cnn(CC)c2C)n3C)CC1. The molecule has 0 aliphatic carbocycles. The van der Waals surface area contributed by atoms with Crippen molar-refractivity contribution in [2.75, 3.05) is 18.4 Å². The van der Waals surface area contributed by atoms with Gasteiger partial charge in [0.2, 0.25) is 5.91 Å². The van der Waals surface area contributed by atoms with Gasteiger partial charge in [-0.25, -0.2) is 15.0 Å². The number of carbonyl (C=O) groups excluding carboxylic acids is 1. The zero-order valence-corrected chi connectivity index (χ0v) is 17.5. The lowest BCUT2D eigenvalue weighted by Gasteiger charge is -2.32. The van der Waals surface area contributed by atoms with Crippen LogP contribution in [0.1, 0.15) is 38.8 Å². The summed E-state index contributed by atoms with van der Waals surface area (Å²) in [5.74, 6) is 1.81. The predicted octanol–water partition coefficient (Wildman–Crippen LogP) is 2.37. The maximum absolute atomic E-state index is 11.9. The van der Waals surface area contributed by atoms with Crippen LogP contribution in [0.4, 0.5) is 5.82 Å². The zero-order chi connectivity index (χ0) is 20.5. The summed E-state index contributed by atoms with van der Waals surface area (Å²) in [4.78, 5) is 27.6. The van der Waals surface area contributed by atoms with E-state index in [9.17, 15) is 4.79 Å². The topological polar surface area (TPSA) is 93.8 Å². The Hall–Kier alpha value is -2.97. The fraction of sp³-hybridized carbons (Fsp3) is 0.550. The number of carbonyl (C=O) groups is 1. The van der Waals surface area contributed by atoms with Gasteiger partial charge in [-0.1, -0.05) is 6.92 Å². The lowest BCUT2D eigenvalue weighted by Crippen LogP contribution is -2.42. The van der Waals surface area contributed by atoms with Crippen molar-refractivity contribution < 1.29 is 4.79 Å². The van der Waals surface area contributed by atoms with Crippen molar-refractivity contribution in [1.82, 2.24) is 34.2 Å². The second-order valence-corrected chi connectivity index (χ2v) is 7.50. The molecule has 29 heavy (non-hydrogen) atoms. The minimum absolute atomic E-state index is 0.227. The highest BCUT2D eigenvalue weighted by Gasteiger charge is 2.24. The molecule has 4 heterocycles. The highest BCUT2D eigenvalue weighted by molar-refractivity contribution is 5.86. The molecule has 0 atom stereocenters. The van der Waals surface area contributed by atoms with E-state index in [-0.39, 0.29) is 11.9 Å². The Morgan fingerprint density at radius 1 is 1.24 bits per heavy atom. The van der Waals surface area contributed by atoms with Gasteiger partial charge in [0.15, 0.2) is 17.0 Å². The molecule has 0 bridgehead atoms. The molecule has 0 spiro atoms.